The third-order valence-electron chi connectivity index (χ3n) is 2.63. The van der Waals surface area contributed by atoms with Gasteiger partial charge in [0.1, 0.15) is 12.4 Å². The van der Waals surface area contributed by atoms with Crippen molar-refractivity contribution in [1.82, 2.24) is 4.90 Å². The first-order valence-electron chi connectivity index (χ1n) is 6.16. The summed E-state index contributed by atoms with van der Waals surface area (Å²) in [6, 6.07) is 10.6. The summed E-state index contributed by atoms with van der Waals surface area (Å²) in [5, 5.41) is 0. The smallest absolute Gasteiger partial charge is 0.119 e. The monoisotopic (exact) mass is 221 g/mol. The van der Waals surface area contributed by atoms with Crippen molar-refractivity contribution >= 4 is 0 Å². The molecule has 90 valence electrons. The van der Waals surface area contributed by atoms with Crippen LogP contribution in [-0.4, -0.2) is 30.6 Å². The SMILES string of the molecule is CCCN(CCOc1ccccc1)C(C)C. The Morgan fingerprint density at radius 2 is 1.81 bits per heavy atom. The second kappa shape index (κ2) is 7.29. The van der Waals surface area contributed by atoms with E-state index >= 15 is 0 Å². The topological polar surface area (TPSA) is 12.5 Å². The first-order valence-corrected chi connectivity index (χ1v) is 6.16. The van der Waals surface area contributed by atoms with Crippen molar-refractivity contribution in [3.63, 3.8) is 0 Å². The van der Waals surface area contributed by atoms with Gasteiger partial charge in [-0.15, -0.1) is 0 Å². The van der Waals surface area contributed by atoms with Crippen molar-refractivity contribution in [1.29, 1.82) is 0 Å². The van der Waals surface area contributed by atoms with Crippen LogP contribution >= 0.6 is 0 Å². The van der Waals surface area contributed by atoms with E-state index in [2.05, 4.69) is 25.7 Å². The van der Waals surface area contributed by atoms with E-state index in [1.807, 2.05) is 30.3 Å². The van der Waals surface area contributed by atoms with Crippen LogP contribution in [-0.2, 0) is 0 Å². The first-order chi connectivity index (χ1) is 7.74. The van der Waals surface area contributed by atoms with Gasteiger partial charge in [0.15, 0.2) is 0 Å². The molecule has 0 unspecified atom stereocenters. The Labute approximate surface area is 99.2 Å². The third-order valence-corrected chi connectivity index (χ3v) is 2.63. The van der Waals surface area contributed by atoms with Gasteiger partial charge in [-0.25, -0.2) is 0 Å². The molecule has 0 spiro atoms. The predicted octanol–water partition coefficient (Wildman–Crippen LogP) is 3.19. The Balaban J connectivity index is 2.28. The van der Waals surface area contributed by atoms with Crippen molar-refractivity contribution < 1.29 is 4.74 Å². The van der Waals surface area contributed by atoms with Crippen LogP contribution in [0.4, 0.5) is 0 Å². The summed E-state index contributed by atoms with van der Waals surface area (Å²) < 4.78 is 5.69. The lowest BCUT2D eigenvalue weighted by atomic mass is 10.3. The quantitative estimate of drug-likeness (QED) is 0.701. The zero-order chi connectivity index (χ0) is 11.8. The van der Waals surface area contributed by atoms with Crippen LogP contribution in [0.1, 0.15) is 27.2 Å². The fourth-order valence-corrected chi connectivity index (χ4v) is 1.71. The molecule has 0 aliphatic carbocycles. The predicted molar refractivity (Wildman–Crippen MR) is 68.9 cm³/mol. The van der Waals surface area contributed by atoms with Crippen LogP contribution in [0, 0.1) is 0 Å². The van der Waals surface area contributed by atoms with Gasteiger partial charge in [-0.3, -0.25) is 4.90 Å². The molecule has 0 heterocycles. The lowest BCUT2D eigenvalue weighted by molar-refractivity contribution is 0.176. The number of nitrogens with zero attached hydrogens (tertiary/aromatic N) is 1. The molecule has 0 radical (unpaired) electrons. The fourth-order valence-electron chi connectivity index (χ4n) is 1.71. The van der Waals surface area contributed by atoms with E-state index < -0.39 is 0 Å². The average Bonchev–Trinajstić information content (AvgIpc) is 2.29. The maximum Gasteiger partial charge on any atom is 0.119 e. The summed E-state index contributed by atoms with van der Waals surface area (Å²) in [6.07, 6.45) is 1.20. The van der Waals surface area contributed by atoms with Gasteiger partial charge in [0.25, 0.3) is 0 Å². The van der Waals surface area contributed by atoms with E-state index in [4.69, 9.17) is 4.74 Å². The van der Waals surface area contributed by atoms with E-state index in [1.54, 1.807) is 0 Å². The molecule has 0 amide bonds. The van der Waals surface area contributed by atoms with Gasteiger partial charge < -0.3 is 4.74 Å². The Bertz CT molecular complexity index is 271. The molecule has 0 saturated carbocycles. The van der Waals surface area contributed by atoms with Crippen molar-refractivity contribution in [2.75, 3.05) is 19.7 Å². The van der Waals surface area contributed by atoms with Gasteiger partial charge in [-0.05, 0) is 38.9 Å². The van der Waals surface area contributed by atoms with Crippen LogP contribution in [0.3, 0.4) is 0 Å². The summed E-state index contributed by atoms with van der Waals surface area (Å²) in [7, 11) is 0. The number of ether oxygens (including phenoxy) is 1. The van der Waals surface area contributed by atoms with Gasteiger partial charge in [0.2, 0.25) is 0 Å². The number of benzene rings is 1. The van der Waals surface area contributed by atoms with Crippen LogP contribution in [0.5, 0.6) is 5.75 Å². The highest BCUT2D eigenvalue weighted by Gasteiger charge is 2.07. The molecule has 1 aromatic rings. The van der Waals surface area contributed by atoms with Crippen molar-refractivity contribution in [3.05, 3.63) is 30.3 Å². The van der Waals surface area contributed by atoms with E-state index in [-0.39, 0.29) is 0 Å². The Morgan fingerprint density at radius 3 is 2.38 bits per heavy atom. The molecule has 0 aliphatic heterocycles. The fraction of sp³-hybridized carbons (Fsp3) is 0.571. The number of hydrogen-bond donors (Lipinski definition) is 0. The second-order valence-electron chi connectivity index (χ2n) is 4.29. The zero-order valence-corrected chi connectivity index (χ0v) is 10.6. The lowest BCUT2D eigenvalue weighted by Gasteiger charge is -2.25. The van der Waals surface area contributed by atoms with Crippen LogP contribution in [0.15, 0.2) is 30.3 Å². The minimum absolute atomic E-state index is 0.597. The lowest BCUT2D eigenvalue weighted by Crippen LogP contribution is -2.35. The highest BCUT2D eigenvalue weighted by molar-refractivity contribution is 5.20. The maximum absolute atomic E-state index is 5.69. The van der Waals surface area contributed by atoms with Gasteiger partial charge in [-0.1, -0.05) is 25.1 Å². The molecule has 0 aliphatic rings. The van der Waals surface area contributed by atoms with Crippen LogP contribution < -0.4 is 4.74 Å². The molecular formula is C14H23NO. The van der Waals surface area contributed by atoms with E-state index in [0.29, 0.717) is 6.04 Å². The first kappa shape index (κ1) is 13.0. The number of para-hydroxylation sites is 1. The molecule has 1 rings (SSSR count). The van der Waals surface area contributed by atoms with E-state index in [9.17, 15) is 0 Å². The molecule has 1 aromatic carbocycles. The Kier molecular flexibility index (Phi) is 5.94. The van der Waals surface area contributed by atoms with Gasteiger partial charge in [0, 0.05) is 12.6 Å². The summed E-state index contributed by atoms with van der Waals surface area (Å²) in [5.41, 5.74) is 0. The largest absolute Gasteiger partial charge is 0.492 e. The molecule has 2 nitrogen and oxygen atoms in total. The van der Waals surface area contributed by atoms with Crippen LogP contribution in [0.25, 0.3) is 0 Å². The minimum atomic E-state index is 0.597. The molecule has 0 saturated heterocycles. The molecular weight excluding hydrogens is 198 g/mol. The molecule has 0 N–H and O–H groups in total. The molecule has 0 bridgehead atoms. The summed E-state index contributed by atoms with van der Waals surface area (Å²) in [5.74, 6) is 0.961. The second-order valence-corrected chi connectivity index (χ2v) is 4.29. The Morgan fingerprint density at radius 1 is 1.12 bits per heavy atom. The molecule has 2 heteroatoms. The normalized spacial score (nSPS) is 11.1. The Hall–Kier alpha value is -1.02. The minimum Gasteiger partial charge on any atom is -0.492 e. The standard InChI is InChI=1S/C14H23NO/c1-4-10-15(13(2)3)11-12-16-14-8-6-5-7-9-14/h5-9,13H,4,10-12H2,1-3H3. The third kappa shape index (κ3) is 4.67. The number of rotatable bonds is 7. The molecule has 0 fully saturated rings. The van der Waals surface area contributed by atoms with Gasteiger partial charge in [-0.2, -0.15) is 0 Å². The summed E-state index contributed by atoms with van der Waals surface area (Å²) in [4.78, 5) is 2.45. The number of hydrogen-bond acceptors (Lipinski definition) is 2. The summed E-state index contributed by atoms with van der Waals surface area (Å²) >= 11 is 0. The van der Waals surface area contributed by atoms with E-state index in [1.165, 1.54) is 6.42 Å². The molecule has 0 aromatic heterocycles. The van der Waals surface area contributed by atoms with Gasteiger partial charge >= 0.3 is 0 Å². The average molecular weight is 221 g/mol. The van der Waals surface area contributed by atoms with Crippen molar-refractivity contribution in [2.24, 2.45) is 0 Å². The zero-order valence-electron chi connectivity index (χ0n) is 10.6. The molecule has 0 atom stereocenters. The van der Waals surface area contributed by atoms with Crippen molar-refractivity contribution in [3.8, 4) is 5.75 Å². The van der Waals surface area contributed by atoms with Crippen LogP contribution in [0.2, 0.25) is 0 Å². The maximum atomic E-state index is 5.69. The summed E-state index contributed by atoms with van der Waals surface area (Å²) in [6.45, 7) is 9.60. The highest BCUT2D eigenvalue weighted by atomic mass is 16.5. The highest BCUT2D eigenvalue weighted by Crippen LogP contribution is 2.08. The van der Waals surface area contributed by atoms with Crippen molar-refractivity contribution in [2.45, 2.75) is 33.2 Å². The van der Waals surface area contributed by atoms with E-state index in [0.717, 1.165) is 25.4 Å². The van der Waals surface area contributed by atoms with Gasteiger partial charge in [0.05, 0.1) is 0 Å². The molecule has 16 heavy (non-hydrogen) atoms.